The van der Waals surface area contributed by atoms with Crippen LogP contribution in [-0.4, -0.2) is 30.4 Å². The smallest absolute Gasteiger partial charge is 0.225 e. The maximum absolute atomic E-state index is 12.3. The maximum atomic E-state index is 12.3. The second-order valence-corrected chi connectivity index (χ2v) is 6.12. The highest BCUT2D eigenvalue weighted by Gasteiger charge is 2.38. The Morgan fingerprint density at radius 3 is 2.71 bits per heavy atom. The Morgan fingerprint density at radius 2 is 2.10 bits per heavy atom. The Hall–Kier alpha value is -1.79. The lowest BCUT2D eigenvalue weighted by Crippen LogP contribution is -2.36. The standard InChI is InChI=1S/C18H24N2O/c1-4-10-19-18(21)17-13-20(12-16(17)14(2)3)11-15-8-6-5-7-9-15/h1,5-9,14,16-17H,10-13H2,2-3H3,(H,19,21). The van der Waals surface area contributed by atoms with Crippen molar-refractivity contribution >= 4 is 5.91 Å². The number of nitrogens with one attached hydrogen (secondary N) is 1. The van der Waals surface area contributed by atoms with Crippen molar-refractivity contribution in [3.63, 3.8) is 0 Å². The lowest BCUT2D eigenvalue weighted by atomic mass is 9.85. The topological polar surface area (TPSA) is 32.3 Å². The van der Waals surface area contributed by atoms with Crippen LogP contribution >= 0.6 is 0 Å². The van der Waals surface area contributed by atoms with Crippen molar-refractivity contribution in [3.05, 3.63) is 35.9 Å². The summed E-state index contributed by atoms with van der Waals surface area (Å²) < 4.78 is 0. The van der Waals surface area contributed by atoms with Crippen LogP contribution in [0.4, 0.5) is 0 Å². The third-order valence-electron chi connectivity index (χ3n) is 4.25. The van der Waals surface area contributed by atoms with Crippen molar-refractivity contribution in [1.29, 1.82) is 0 Å². The molecule has 3 nitrogen and oxygen atoms in total. The maximum Gasteiger partial charge on any atom is 0.225 e. The Bertz CT molecular complexity index is 504. The molecule has 1 aromatic carbocycles. The molecule has 2 atom stereocenters. The van der Waals surface area contributed by atoms with Crippen LogP contribution in [0.5, 0.6) is 0 Å². The molecule has 1 aliphatic rings. The van der Waals surface area contributed by atoms with Crippen molar-refractivity contribution in [2.45, 2.75) is 20.4 Å². The molecule has 2 unspecified atom stereocenters. The molecule has 1 aliphatic heterocycles. The third kappa shape index (κ3) is 4.09. The monoisotopic (exact) mass is 284 g/mol. The van der Waals surface area contributed by atoms with Crippen molar-refractivity contribution < 1.29 is 4.79 Å². The van der Waals surface area contributed by atoms with Gasteiger partial charge >= 0.3 is 0 Å². The number of carbonyl (C=O) groups excluding carboxylic acids is 1. The average Bonchev–Trinajstić information content (AvgIpc) is 2.90. The molecule has 2 rings (SSSR count). The summed E-state index contributed by atoms with van der Waals surface area (Å²) in [5, 5.41) is 2.84. The van der Waals surface area contributed by atoms with Gasteiger partial charge in [-0.25, -0.2) is 0 Å². The fourth-order valence-electron chi connectivity index (χ4n) is 3.11. The van der Waals surface area contributed by atoms with Gasteiger partial charge in [0.25, 0.3) is 0 Å². The summed E-state index contributed by atoms with van der Waals surface area (Å²) in [6.07, 6.45) is 5.22. The molecule has 1 amide bonds. The Kier molecular flexibility index (Phi) is 5.41. The second-order valence-electron chi connectivity index (χ2n) is 6.12. The van der Waals surface area contributed by atoms with Gasteiger partial charge < -0.3 is 5.32 Å². The number of carbonyl (C=O) groups is 1. The molecule has 0 aliphatic carbocycles. The highest BCUT2D eigenvalue weighted by Crippen LogP contribution is 2.30. The first-order chi connectivity index (χ1) is 10.1. The minimum atomic E-state index is 0.0436. The van der Waals surface area contributed by atoms with Crippen LogP contribution in [0.25, 0.3) is 0 Å². The Labute approximate surface area is 127 Å². The molecule has 21 heavy (non-hydrogen) atoms. The number of rotatable bonds is 5. The summed E-state index contributed by atoms with van der Waals surface area (Å²) in [5.41, 5.74) is 1.30. The third-order valence-corrected chi connectivity index (χ3v) is 4.25. The van der Waals surface area contributed by atoms with Crippen LogP contribution < -0.4 is 5.32 Å². The van der Waals surface area contributed by atoms with Crippen LogP contribution in [0.15, 0.2) is 30.3 Å². The highest BCUT2D eigenvalue weighted by atomic mass is 16.1. The minimum Gasteiger partial charge on any atom is -0.345 e. The molecule has 0 bridgehead atoms. The molecule has 0 spiro atoms. The van der Waals surface area contributed by atoms with Gasteiger partial charge in [-0.2, -0.15) is 0 Å². The molecule has 1 heterocycles. The van der Waals surface area contributed by atoms with Gasteiger partial charge in [-0.15, -0.1) is 6.42 Å². The van der Waals surface area contributed by atoms with E-state index in [0.29, 0.717) is 18.4 Å². The number of hydrogen-bond acceptors (Lipinski definition) is 2. The van der Waals surface area contributed by atoms with Gasteiger partial charge in [-0.05, 0) is 17.4 Å². The molecule has 112 valence electrons. The molecule has 1 aromatic rings. The molecule has 0 radical (unpaired) electrons. The van der Waals surface area contributed by atoms with Crippen molar-refractivity contribution in [3.8, 4) is 12.3 Å². The van der Waals surface area contributed by atoms with Crippen LogP contribution in [-0.2, 0) is 11.3 Å². The van der Waals surface area contributed by atoms with Gasteiger partial charge in [-0.3, -0.25) is 9.69 Å². The lowest BCUT2D eigenvalue weighted by Gasteiger charge is -2.20. The normalized spacial score (nSPS) is 22.2. The molecule has 1 N–H and O–H groups in total. The van der Waals surface area contributed by atoms with Gasteiger partial charge in [0, 0.05) is 19.6 Å². The largest absolute Gasteiger partial charge is 0.345 e. The number of hydrogen-bond donors (Lipinski definition) is 1. The fourth-order valence-corrected chi connectivity index (χ4v) is 3.11. The van der Waals surface area contributed by atoms with Crippen molar-refractivity contribution in [1.82, 2.24) is 10.2 Å². The zero-order valence-corrected chi connectivity index (χ0v) is 12.9. The number of amides is 1. The zero-order valence-electron chi connectivity index (χ0n) is 12.9. The van der Waals surface area contributed by atoms with E-state index >= 15 is 0 Å². The van der Waals surface area contributed by atoms with Crippen LogP contribution in [0.1, 0.15) is 19.4 Å². The van der Waals surface area contributed by atoms with Gasteiger partial charge in [0.15, 0.2) is 0 Å². The quantitative estimate of drug-likeness (QED) is 0.840. The van der Waals surface area contributed by atoms with E-state index in [0.717, 1.165) is 19.6 Å². The van der Waals surface area contributed by atoms with Crippen LogP contribution in [0.3, 0.4) is 0 Å². The fraction of sp³-hybridized carbons (Fsp3) is 0.500. The van der Waals surface area contributed by atoms with Gasteiger partial charge in [0.05, 0.1) is 12.5 Å². The SMILES string of the molecule is C#CCNC(=O)C1CN(Cc2ccccc2)CC1C(C)C. The molecule has 0 saturated carbocycles. The second kappa shape index (κ2) is 7.28. The first kappa shape index (κ1) is 15.6. The summed E-state index contributed by atoms with van der Waals surface area (Å²) in [6, 6.07) is 10.4. The van der Waals surface area contributed by atoms with E-state index < -0.39 is 0 Å². The van der Waals surface area contributed by atoms with E-state index in [2.05, 4.69) is 54.3 Å². The first-order valence-corrected chi connectivity index (χ1v) is 7.59. The van der Waals surface area contributed by atoms with Gasteiger partial charge in [0.2, 0.25) is 5.91 Å². The molecular formula is C18H24N2O. The Balaban J connectivity index is 2.01. The predicted molar refractivity (Wildman–Crippen MR) is 85.4 cm³/mol. The molecule has 3 heteroatoms. The van der Waals surface area contributed by atoms with E-state index in [9.17, 15) is 4.79 Å². The summed E-state index contributed by atoms with van der Waals surface area (Å²) in [4.78, 5) is 14.7. The van der Waals surface area contributed by atoms with Crippen molar-refractivity contribution in [2.24, 2.45) is 17.8 Å². The van der Waals surface area contributed by atoms with Crippen LogP contribution in [0, 0.1) is 30.1 Å². The summed E-state index contributed by atoms with van der Waals surface area (Å²) in [6.45, 7) is 7.40. The van der Waals surface area contributed by atoms with E-state index in [4.69, 9.17) is 6.42 Å². The van der Waals surface area contributed by atoms with Gasteiger partial charge in [0.1, 0.15) is 0 Å². The first-order valence-electron chi connectivity index (χ1n) is 7.59. The highest BCUT2D eigenvalue weighted by molar-refractivity contribution is 5.79. The summed E-state index contributed by atoms with van der Waals surface area (Å²) in [5.74, 6) is 3.50. The number of benzene rings is 1. The van der Waals surface area contributed by atoms with E-state index in [-0.39, 0.29) is 11.8 Å². The Morgan fingerprint density at radius 1 is 1.38 bits per heavy atom. The number of terminal acetylenes is 1. The van der Waals surface area contributed by atoms with Crippen LogP contribution in [0.2, 0.25) is 0 Å². The molecule has 1 saturated heterocycles. The van der Waals surface area contributed by atoms with E-state index in [1.54, 1.807) is 0 Å². The van der Waals surface area contributed by atoms with E-state index in [1.807, 2.05) is 6.07 Å². The molecule has 0 aromatic heterocycles. The molecule has 1 fully saturated rings. The number of nitrogens with zero attached hydrogens (tertiary/aromatic N) is 1. The number of likely N-dealkylation sites (tertiary alicyclic amines) is 1. The van der Waals surface area contributed by atoms with E-state index in [1.165, 1.54) is 5.56 Å². The van der Waals surface area contributed by atoms with Gasteiger partial charge in [-0.1, -0.05) is 50.1 Å². The zero-order chi connectivity index (χ0) is 15.2. The van der Waals surface area contributed by atoms with Crippen molar-refractivity contribution in [2.75, 3.05) is 19.6 Å². The summed E-state index contributed by atoms with van der Waals surface area (Å²) in [7, 11) is 0. The average molecular weight is 284 g/mol. The predicted octanol–water partition coefficient (Wildman–Crippen LogP) is 2.14. The minimum absolute atomic E-state index is 0.0436. The lowest BCUT2D eigenvalue weighted by molar-refractivity contribution is -0.125. The summed E-state index contributed by atoms with van der Waals surface area (Å²) >= 11 is 0. The molecular weight excluding hydrogens is 260 g/mol.